The maximum absolute atomic E-state index is 15.4. The van der Waals surface area contributed by atoms with Crippen LogP contribution >= 0.6 is 45.3 Å². The van der Waals surface area contributed by atoms with Crippen molar-refractivity contribution in [1.82, 2.24) is 0 Å². The van der Waals surface area contributed by atoms with Crippen LogP contribution in [0.2, 0.25) is 0 Å². The zero-order valence-corrected chi connectivity index (χ0v) is 52.2. The Morgan fingerprint density at radius 1 is 0.435 bits per heavy atom. The van der Waals surface area contributed by atoms with Gasteiger partial charge in [-0.2, -0.15) is 85.2 Å². The Bertz CT molecular complexity index is 3780. The fraction of sp³-hybridized carbons (Fsp3) is 0.354. The number of rotatable bonds is 29. The summed E-state index contributed by atoms with van der Waals surface area (Å²) < 4.78 is 263. The molecule has 0 spiro atoms. The Morgan fingerprint density at radius 2 is 0.793 bits per heavy atom. The van der Waals surface area contributed by atoms with E-state index in [-0.39, 0.29) is 30.3 Å². The third-order valence-electron chi connectivity index (χ3n) is 14.5. The average Bonchev–Trinajstić information content (AvgIpc) is 0.956. The highest BCUT2D eigenvalue weighted by Crippen LogP contribution is 2.64. The van der Waals surface area contributed by atoms with Crippen molar-refractivity contribution in [3.63, 3.8) is 0 Å². The van der Waals surface area contributed by atoms with Gasteiger partial charge in [0.25, 0.3) is 0 Å². The number of unbranched alkanes of at least 4 members (excludes halogenated alkanes) is 6. The number of anilines is 3. The van der Waals surface area contributed by atoms with E-state index in [2.05, 4.69) is 24.3 Å². The first-order valence-electron chi connectivity index (χ1n) is 28.3. The first-order valence-corrected chi connectivity index (χ1v) is 31.6. The fourth-order valence-corrected chi connectivity index (χ4v) is 14.3. The van der Waals surface area contributed by atoms with Crippen molar-refractivity contribution in [2.45, 2.75) is 127 Å². The maximum Gasteiger partial charge on any atom is 0.460 e. The van der Waals surface area contributed by atoms with E-state index >= 15 is 17.6 Å². The van der Waals surface area contributed by atoms with Crippen LogP contribution in [0.5, 0.6) is 17.2 Å². The number of thiophene rings is 4. The lowest BCUT2D eigenvalue weighted by atomic mass is 9.89. The molecule has 8 aromatic rings. The van der Waals surface area contributed by atoms with E-state index in [1.165, 1.54) is 0 Å². The van der Waals surface area contributed by atoms with Gasteiger partial charge in [0.2, 0.25) is 0 Å². The van der Waals surface area contributed by atoms with E-state index in [1.54, 1.807) is 83.5 Å². The summed E-state index contributed by atoms with van der Waals surface area (Å²) in [5.74, 6) is -59.2. The lowest BCUT2D eigenvalue weighted by molar-refractivity contribution is -0.462. The molecule has 4 aromatic heterocycles. The van der Waals surface area contributed by atoms with Gasteiger partial charge in [0, 0.05) is 78.6 Å². The first-order chi connectivity index (χ1) is 43.2. The smallest absolute Gasteiger partial charge is 0.460 e. The van der Waals surface area contributed by atoms with Crippen LogP contribution in [0.4, 0.5) is 91.7 Å². The van der Waals surface area contributed by atoms with Crippen LogP contribution < -0.4 is 19.1 Å². The molecule has 0 aliphatic heterocycles. The minimum atomic E-state index is -8.77. The molecule has 92 heavy (non-hydrogen) atoms. The molecule has 0 saturated carbocycles. The number of nitriles is 2. The second kappa shape index (κ2) is 27.7. The normalized spacial score (nSPS) is 13.4. The average molecular weight is 1380 g/mol. The Hall–Kier alpha value is -7.33. The van der Waals surface area contributed by atoms with E-state index in [4.69, 9.17) is 14.2 Å². The fourth-order valence-electron chi connectivity index (χ4n) is 9.45. The largest absolute Gasteiger partial charge is 0.493 e. The summed E-state index contributed by atoms with van der Waals surface area (Å²) in [6, 6.07) is 36.3. The van der Waals surface area contributed by atoms with E-state index in [1.807, 2.05) is 91.6 Å². The van der Waals surface area contributed by atoms with Crippen LogP contribution in [-0.2, 0) is 0 Å². The van der Waals surface area contributed by atoms with Gasteiger partial charge in [-0.15, -0.1) is 45.3 Å². The molecule has 0 aliphatic rings. The monoisotopic (exact) mass is 1380 g/mol. The third kappa shape index (κ3) is 14.1. The molecular weight excluding hydrogens is 1320 g/mol. The van der Waals surface area contributed by atoms with Gasteiger partial charge in [-0.1, -0.05) is 88.8 Å². The molecule has 27 heteroatoms. The number of allylic oxidation sites excluding steroid dienone is 2. The van der Waals surface area contributed by atoms with Crippen molar-refractivity contribution < 1.29 is 88.8 Å². The van der Waals surface area contributed by atoms with Crippen LogP contribution in [0.15, 0.2) is 120 Å². The van der Waals surface area contributed by atoms with Gasteiger partial charge >= 0.3 is 47.6 Å². The number of halogens is 17. The number of fused-ring (bicyclic) bond motifs is 2. The third-order valence-corrected chi connectivity index (χ3v) is 19.1. The minimum absolute atomic E-state index is 0.0932. The Balaban J connectivity index is 1.17. The summed E-state index contributed by atoms with van der Waals surface area (Å²) in [7, 11) is 0. The summed E-state index contributed by atoms with van der Waals surface area (Å²) in [4.78, 5) is 5.82. The van der Waals surface area contributed by atoms with Crippen molar-refractivity contribution in [3.8, 4) is 61.4 Å². The molecule has 6 nitrogen and oxygen atoms in total. The highest BCUT2D eigenvalue weighted by molar-refractivity contribution is 7.30. The zero-order valence-electron chi connectivity index (χ0n) is 48.9. The molecule has 0 N–H and O–H groups in total. The molecule has 0 unspecified atom stereocenters. The number of nitrogens with zero attached hydrogens (tertiary/aromatic N) is 3. The maximum atomic E-state index is 15.4. The predicted molar refractivity (Wildman–Crippen MR) is 328 cm³/mol. The summed E-state index contributed by atoms with van der Waals surface area (Å²) in [6.07, 6.45) is 0.667. The molecule has 490 valence electrons. The van der Waals surface area contributed by atoms with Gasteiger partial charge < -0.3 is 19.1 Å². The molecule has 4 heterocycles. The molecule has 0 amide bonds. The highest BCUT2D eigenvalue weighted by Gasteiger charge is 2.95. The van der Waals surface area contributed by atoms with E-state index < -0.39 is 60.0 Å². The predicted octanol–water partition coefficient (Wildman–Crippen LogP) is 23.9. The van der Waals surface area contributed by atoms with Gasteiger partial charge in [-0.3, -0.25) is 0 Å². The lowest BCUT2D eigenvalue weighted by Gasteiger charge is -2.42. The SMILES string of the molecule is CCCCCCOc1cc(OCC(F)(F)C(F)(F)C(F)(F)C(F)(F)C(F)(F)C(F)(F)C(F)(F)C(F)(F)F)cc(OCCCCCC)c1-c1ccc(N(c2ccc(-c3cc4sc(/C=C(/C)C#N)cc4s3)cc2)c2ccc(-c3cc4sc(/C=C(/C)C#N)cc4s3)cc2)cc1. The van der Waals surface area contributed by atoms with Gasteiger partial charge in [0.15, 0.2) is 6.61 Å². The van der Waals surface area contributed by atoms with Crippen LogP contribution in [0.1, 0.15) is 88.8 Å². The van der Waals surface area contributed by atoms with Gasteiger partial charge in [-0.05, 0) is 116 Å². The summed E-state index contributed by atoms with van der Waals surface area (Å²) in [5.41, 5.74) is 5.34. The molecule has 0 fully saturated rings. The molecule has 8 rings (SSSR count). The number of hydrogen-bond acceptors (Lipinski definition) is 10. The van der Waals surface area contributed by atoms with Crippen molar-refractivity contribution in [3.05, 3.63) is 130 Å². The number of alkyl halides is 17. The van der Waals surface area contributed by atoms with Crippen molar-refractivity contribution in [1.29, 1.82) is 10.5 Å². The van der Waals surface area contributed by atoms with E-state index in [0.717, 1.165) is 87.3 Å². The van der Waals surface area contributed by atoms with E-state index in [0.29, 0.717) is 59.5 Å². The molecule has 4 aromatic carbocycles. The van der Waals surface area contributed by atoms with Crippen molar-refractivity contribution >= 4 is 93.4 Å². The number of benzene rings is 4. The van der Waals surface area contributed by atoms with Crippen molar-refractivity contribution in [2.75, 3.05) is 24.7 Å². The topological polar surface area (TPSA) is 78.5 Å². The van der Waals surface area contributed by atoms with Gasteiger partial charge in [-0.25, -0.2) is 0 Å². The Morgan fingerprint density at radius 3 is 1.15 bits per heavy atom. The molecule has 0 saturated heterocycles. The minimum Gasteiger partial charge on any atom is -0.493 e. The second-order valence-electron chi connectivity index (χ2n) is 21.4. The lowest BCUT2D eigenvalue weighted by Crippen LogP contribution is -2.74. The van der Waals surface area contributed by atoms with Crippen LogP contribution in [0, 0.1) is 22.7 Å². The van der Waals surface area contributed by atoms with Crippen LogP contribution in [0.3, 0.4) is 0 Å². The second-order valence-corrected chi connectivity index (χ2v) is 25.8. The Kier molecular flexibility index (Phi) is 21.2. The highest BCUT2D eigenvalue weighted by atomic mass is 32.1. The molecular formula is C65H54F17N3O3S4. The molecule has 0 radical (unpaired) electrons. The quantitative estimate of drug-likeness (QED) is 0.0264. The summed E-state index contributed by atoms with van der Waals surface area (Å²) in [6.45, 7) is 3.91. The number of ether oxygens (including phenoxy) is 3. The molecule has 0 bridgehead atoms. The van der Waals surface area contributed by atoms with Crippen molar-refractivity contribution in [2.24, 2.45) is 0 Å². The van der Waals surface area contributed by atoms with Gasteiger partial charge in [0.1, 0.15) is 17.2 Å². The van der Waals surface area contributed by atoms with Gasteiger partial charge in [0.05, 0.1) is 30.9 Å². The molecule has 0 aliphatic carbocycles. The standard InChI is InChI=1S/C65H54F17N3O3S4/c1-5-7-9-11-25-86-49-29-46(88-37-58(66,67)59(68,69)60(70,71)61(72,73)62(74,75)63(76,77)64(78,79)65(80,81)82)30-50(87-26-12-10-8-6-2)57(49)42-17-23-45(24-18-42)85(43-19-13-40(14-20-43)51-33-55-53(91-51)31-47(89-55)27-38(3)35-83)44-21-15-41(16-22-44)52-34-56-54(92-52)32-48(90-56)28-39(4)36-84/h13-24,27-34H,5-12,25-26,37H2,1-4H3/b38-27-,39-28-. The van der Waals surface area contributed by atoms with Crippen LogP contribution in [0.25, 0.3) is 63.0 Å². The van der Waals surface area contributed by atoms with E-state index in [9.17, 15) is 67.6 Å². The Labute approximate surface area is 533 Å². The summed E-state index contributed by atoms with van der Waals surface area (Å²) >= 11 is 6.27. The molecule has 0 atom stereocenters. The zero-order chi connectivity index (χ0) is 67.4. The number of hydrogen-bond donors (Lipinski definition) is 0. The summed E-state index contributed by atoms with van der Waals surface area (Å²) in [5, 5.41) is 18.6. The first kappa shape index (κ1) is 70.5. The van der Waals surface area contributed by atoms with Crippen LogP contribution in [-0.4, -0.2) is 67.5 Å².